The molecular formula is C34H45N3O5S. The summed E-state index contributed by atoms with van der Waals surface area (Å²) in [5.74, 6) is 0.0433. The van der Waals surface area contributed by atoms with Crippen LogP contribution in [0, 0.1) is 6.92 Å². The molecule has 3 aromatic carbocycles. The number of aryl methyl sites for hydroxylation is 1. The van der Waals surface area contributed by atoms with Crippen molar-refractivity contribution in [3.63, 3.8) is 0 Å². The molecule has 3 rings (SSSR count). The molecule has 0 fully saturated rings. The lowest BCUT2D eigenvalue weighted by atomic mass is 10.0. The van der Waals surface area contributed by atoms with Crippen LogP contribution < -0.4 is 14.4 Å². The molecule has 0 radical (unpaired) electrons. The van der Waals surface area contributed by atoms with Crippen molar-refractivity contribution in [2.75, 3.05) is 23.7 Å². The zero-order valence-electron chi connectivity index (χ0n) is 26.0. The molecular weight excluding hydrogens is 562 g/mol. The zero-order chi connectivity index (χ0) is 31.4. The van der Waals surface area contributed by atoms with Gasteiger partial charge in [-0.25, -0.2) is 8.42 Å². The number of amides is 2. The van der Waals surface area contributed by atoms with Gasteiger partial charge in [0, 0.05) is 32.0 Å². The molecule has 0 aromatic heterocycles. The Balaban J connectivity index is 1.90. The molecule has 2 unspecified atom stereocenters. The second-order valence-electron chi connectivity index (χ2n) is 10.9. The number of carbonyl (C=O) groups is 2. The van der Waals surface area contributed by atoms with E-state index in [0.29, 0.717) is 24.5 Å². The maximum atomic E-state index is 14.0. The number of carbonyl (C=O) groups excluding carboxylic acids is 2. The Labute approximate surface area is 257 Å². The number of anilines is 1. The van der Waals surface area contributed by atoms with Crippen LogP contribution in [0.25, 0.3) is 0 Å². The van der Waals surface area contributed by atoms with Gasteiger partial charge in [-0.15, -0.1) is 0 Å². The second-order valence-corrected chi connectivity index (χ2v) is 12.8. The van der Waals surface area contributed by atoms with Crippen molar-refractivity contribution in [1.29, 1.82) is 0 Å². The van der Waals surface area contributed by atoms with Crippen LogP contribution in [0.15, 0.2) is 78.9 Å². The summed E-state index contributed by atoms with van der Waals surface area (Å²) in [7, 11) is -3.65. The first kappa shape index (κ1) is 33.6. The Bertz CT molecular complexity index is 1430. The minimum absolute atomic E-state index is 0.0455. The summed E-state index contributed by atoms with van der Waals surface area (Å²) in [6.45, 7) is 8.53. The standard InChI is InChI=1S/C34H45N3O5S/c1-6-27(4)35-34(39)31(24-28-14-9-8-10-15-28)36(25-29-21-19-26(3)20-22-29)33(38)18-13-23-37(43(5,40)41)30-16-11-12-17-32(30)42-7-2/h8-12,14-17,19-22,27,31H,6-7,13,18,23-25H2,1-5H3,(H,35,39). The van der Waals surface area contributed by atoms with E-state index < -0.39 is 16.1 Å². The van der Waals surface area contributed by atoms with E-state index in [-0.39, 0.29) is 43.8 Å². The van der Waals surface area contributed by atoms with Gasteiger partial charge in [0.2, 0.25) is 21.8 Å². The Morgan fingerprint density at radius 2 is 1.56 bits per heavy atom. The molecule has 0 aliphatic rings. The van der Waals surface area contributed by atoms with Crippen molar-refractivity contribution in [2.24, 2.45) is 0 Å². The average molecular weight is 608 g/mol. The van der Waals surface area contributed by atoms with E-state index in [0.717, 1.165) is 29.4 Å². The lowest BCUT2D eigenvalue weighted by molar-refractivity contribution is -0.141. The van der Waals surface area contributed by atoms with Gasteiger partial charge in [-0.2, -0.15) is 0 Å². The van der Waals surface area contributed by atoms with Gasteiger partial charge in [0.05, 0.1) is 18.6 Å². The smallest absolute Gasteiger partial charge is 0.243 e. The predicted molar refractivity (Wildman–Crippen MR) is 173 cm³/mol. The minimum atomic E-state index is -3.65. The number of benzene rings is 3. The lowest BCUT2D eigenvalue weighted by Crippen LogP contribution is -2.52. The third-order valence-electron chi connectivity index (χ3n) is 7.33. The number of nitrogens with zero attached hydrogens (tertiary/aromatic N) is 2. The van der Waals surface area contributed by atoms with E-state index in [2.05, 4.69) is 5.32 Å². The number of nitrogens with one attached hydrogen (secondary N) is 1. The van der Waals surface area contributed by atoms with Gasteiger partial charge in [0.25, 0.3) is 0 Å². The number of para-hydroxylation sites is 2. The van der Waals surface area contributed by atoms with Crippen molar-refractivity contribution < 1.29 is 22.7 Å². The summed E-state index contributed by atoms with van der Waals surface area (Å²) in [5.41, 5.74) is 3.40. The van der Waals surface area contributed by atoms with Crippen LogP contribution >= 0.6 is 0 Å². The van der Waals surface area contributed by atoms with E-state index in [1.165, 1.54) is 4.31 Å². The number of sulfonamides is 1. The van der Waals surface area contributed by atoms with Crippen LogP contribution in [0.3, 0.4) is 0 Å². The molecule has 0 bridgehead atoms. The molecule has 8 nitrogen and oxygen atoms in total. The minimum Gasteiger partial charge on any atom is -0.492 e. The molecule has 3 aromatic rings. The summed E-state index contributed by atoms with van der Waals surface area (Å²) in [4.78, 5) is 29.3. The summed E-state index contributed by atoms with van der Waals surface area (Å²) in [5, 5.41) is 3.08. The summed E-state index contributed by atoms with van der Waals surface area (Å²) in [6.07, 6.45) is 2.60. The largest absolute Gasteiger partial charge is 0.492 e. The molecule has 0 saturated carbocycles. The Kier molecular flexibility index (Phi) is 12.6. The normalized spacial score (nSPS) is 12.7. The van der Waals surface area contributed by atoms with Gasteiger partial charge < -0.3 is 15.0 Å². The van der Waals surface area contributed by atoms with Crippen molar-refractivity contribution in [2.45, 2.75) is 72.0 Å². The van der Waals surface area contributed by atoms with Crippen LogP contribution in [-0.4, -0.2) is 56.6 Å². The SMILES string of the molecule is CCOc1ccccc1N(CCCC(=O)N(Cc1ccc(C)cc1)C(Cc1ccccc1)C(=O)NC(C)CC)S(C)(=O)=O. The predicted octanol–water partition coefficient (Wildman–Crippen LogP) is 5.49. The molecule has 0 spiro atoms. The van der Waals surface area contributed by atoms with Crippen molar-refractivity contribution >= 4 is 27.5 Å². The molecule has 0 heterocycles. The second kappa shape index (κ2) is 16.1. The molecule has 43 heavy (non-hydrogen) atoms. The highest BCUT2D eigenvalue weighted by molar-refractivity contribution is 7.92. The first-order chi connectivity index (χ1) is 20.5. The number of hydrogen-bond acceptors (Lipinski definition) is 5. The fourth-order valence-electron chi connectivity index (χ4n) is 4.81. The molecule has 1 N–H and O–H groups in total. The molecule has 0 aliphatic heterocycles. The van der Waals surface area contributed by atoms with E-state index in [4.69, 9.17) is 4.74 Å². The van der Waals surface area contributed by atoms with Crippen LogP contribution in [0.5, 0.6) is 5.75 Å². The zero-order valence-corrected chi connectivity index (χ0v) is 26.8. The van der Waals surface area contributed by atoms with E-state index in [1.807, 2.05) is 82.3 Å². The van der Waals surface area contributed by atoms with Crippen LogP contribution in [-0.2, 0) is 32.6 Å². The molecule has 0 saturated heterocycles. The average Bonchev–Trinajstić information content (AvgIpc) is 2.98. The van der Waals surface area contributed by atoms with Gasteiger partial charge in [0.15, 0.2) is 0 Å². The fraction of sp³-hybridized carbons (Fsp3) is 0.412. The summed E-state index contributed by atoms with van der Waals surface area (Å²) < 4.78 is 32.6. The summed E-state index contributed by atoms with van der Waals surface area (Å²) in [6, 6.07) is 23.8. The summed E-state index contributed by atoms with van der Waals surface area (Å²) >= 11 is 0. The van der Waals surface area contributed by atoms with Crippen molar-refractivity contribution in [3.8, 4) is 5.75 Å². The molecule has 232 valence electrons. The lowest BCUT2D eigenvalue weighted by Gasteiger charge is -2.33. The monoisotopic (exact) mass is 607 g/mol. The van der Waals surface area contributed by atoms with Gasteiger partial charge in [-0.3, -0.25) is 13.9 Å². The third kappa shape index (κ3) is 10.1. The Hall–Kier alpha value is -3.85. The van der Waals surface area contributed by atoms with Gasteiger partial charge >= 0.3 is 0 Å². The van der Waals surface area contributed by atoms with E-state index in [9.17, 15) is 18.0 Å². The molecule has 2 amide bonds. The third-order valence-corrected chi connectivity index (χ3v) is 8.51. The topological polar surface area (TPSA) is 96.0 Å². The Morgan fingerprint density at radius 3 is 2.19 bits per heavy atom. The van der Waals surface area contributed by atoms with Crippen LogP contribution in [0.1, 0.15) is 56.7 Å². The van der Waals surface area contributed by atoms with Gasteiger partial charge in [-0.05, 0) is 56.9 Å². The number of rotatable bonds is 16. The van der Waals surface area contributed by atoms with E-state index >= 15 is 0 Å². The maximum Gasteiger partial charge on any atom is 0.243 e. The van der Waals surface area contributed by atoms with Crippen molar-refractivity contribution in [1.82, 2.24) is 10.2 Å². The highest BCUT2D eigenvalue weighted by atomic mass is 32.2. The highest BCUT2D eigenvalue weighted by Gasteiger charge is 2.31. The maximum absolute atomic E-state index is 14.0. The molecule has 0 aliphatic carbocycles. The van der Waals surface area contributed by atoms with Crippen molar-refractivity contribution in [3.05, 3.63) is 95.6 Å². The van der Waals surface area contributed by atoms with Crippen LogP contribution in [0.2, 0.25) is 0 Å². The van der Waals surface area contributed by atoms with Gasteiger partial charge in [-0.1, -0.05) is 79.2 Å². The number of hydrogen-bond donors (Lipinski definition) is 1. The van der Waals surface area contributed by atoms with Gasteiger partial charge in [0.1, 0.15) is 11.8 Å². The first-order valence-electron chi connectivity index (χ1n) is 14.9. The Morgan fingerprint density at radius 1 is 0.907 bits per heavy atom. The van der Waals surface area contributed by atoms with E-state index in [1.54, 1.807) is 29.2 Å². The quantitative estimate of drug-likeness (QED) is 0.232. The molecule has 9 heteroatoms. The molecule has 2 atom stereocenters. The highest BCUT2D eigenvalue weighted by Crippen LogP contribution is 2.30. The fourth-order valence-corrected chi connectivity index (χ4v) is 5.78. The number of ether oxygens (including phenoxy) is 1. The van der Waals surface area contributed by atoms with Crippen LogP contribution in [0.4, 0.5) is 5.69 Å². The first-order valence-corrected chi connectivity index (χ1v) is 16.8.